The van der Waals surface area contributed by atoms with E-state index in [4.69, 9.17) is 15.0 Å². The third-order valence-electron chi connectivity index (χ3n) is 4.57. The molecule has 1 atom stereocenters. The molecule has 122 valence electrons. The summed E-state index contributed by atoms with van der Waals surface area (Å²) in [7, 11) is -0.906. The summed E-state index contributed by atoms with van der Waals surface area (Å²) in [5.74, 6) is -0.434. The van der Waals surface area contributed by atoms with Crippen LogP contribution in [0.15, 0.2) is 12.3 Å². The molecule has 0 aliphatic carbocycles. The summed E-state index contributed by atoms with van der Waals surface area (Å²) < 4.78 is 50.6. The fourth-order valence-corrected chi connectivity index (χ4v) is 2.59. The van der Waals surface area contributed by atoms with Crippen LogP contribution in [0.2, 0.25) is 0 Å². The van der Waals surface area contributed by atoms with Crippen LogP contribution in [0, 0.1) is 5.92 Å². The van der Waals surface area contributed by atoms with Crippen molar-refractivity contribution in [2.24, 2.45) is 5.92 Å². The predicted octanol–water partition coefficient (Wildman–Crippen LogP) is 2.62. The molecule has 1 saturated heterocycles. The molecule has 1 aromatic heterocycles. The number of anilines is 1. The highest BCUT2D eigenvalue weighted by Crippen LogP contribution is 2.42. The number of alkyl halides is 3. The lowest BCUT2D eigenvalue weighted by atomic mass is 9.78. The van der Waals surface area contributed by atoms with E-state index >= 15 is 0 Å². The van der Waals surface area contributed by atoms with Gasteiger partial charge in [-0.2, -0.15) is 13.2 Å². The van der Waals surface area contributed by atoms with Crippen LogP contribution in [0.4, 0.5) is 19.0 Å². The third kappa shape index (κ3) is 2.69. The summed E-state index contributed by atoms with van der Waals surface area (Å²) >= 11 is 0. The summed E-state index contributed by atoms with van der Waals surface area (Å²) in [5, 5.41) is 0. The Bertz CT molecular complexity index is 578. The van der Waals surface area contributed by atoms with Gasteiger partial charge < -0.3 is 15.0 Å². The Morgan fingerprint density at radius 1 is 1.23 bits per heavy atom. The van der Waals surface area contributed by atoms with Crippen LogP contribution in [-0.2, 0) is 15.5 Å². The first kappa shape index (κ1) is 17.1. The van der Waals surface area contributed by atoms with Crippen LogP contribution in [0.25, 0.3) is 0 Å². The van der Waals surface area contributed by atoms with Crippen LogP contribution >= 0.6 is 0 Å². The molecule has 0 aromatic carbocycles. The van der Waals surface area contributed by atoms with Gasteiger partial charge >= 0.3 is 13.3 Å². The molecule has 1 aliphatic rings. The van der Waals surface area contributed by atoms with Crippen molar-refractivity contribution in [1.82, 2.24) is 4.98 Å². The number of aromatic nitrogens is 1. The van der Waals surface area contributed by atoms with Gasteiger partial charge in [0.2, 0.25) is 0 Å². The molecule has 1 unspecified atom stereocenters. The van der Waals surface area contributed by atoms with Crippen molar-refractivity contribution in [1.29, 1.82) is 0 Å². The van der Waals surface area contributed by atoms with Crippen molar-refractivity contribution >= 4 is 18.4 Å². The standard InChI is InChI=1S/C14H20BF3N2O2/c1-8(2)13(5)12(3,4)21-15(22-13)9-6-10(14(16,17)18)11(19)20-7-9/h6-8H,1-5H3,(H2,19,20). The van der Waals surface area contributed by atoms with Crippen molar-refractivity contribution < 1.29 is 22.5 Å². The summed E-state index contributed by atoms with van der Waals surface area (Å²) in [6.45, 7) is 9.59. The van der Waals surface area contributed by atoms with Gasteiger partial charge in [0.1, 0.15) is 5.82 Å². The summed E-state index contributed by atoms with van der Waals surface area (Å²) in [6, 6.07) is 0.940. The molecule has 0 spiro atoms. The van der Waals surface area contributed by atoms with Crippen LogP contribution < -0.4 is 11.2 Å². The monoisotopic (exact) mass is 316 g/mol. The van der Waals surface area contributed by atoms with Gasteiger partial charge in [0.15, 0.2) is 0 Å². The average molecular weight is 316 g/mol. The Morgan fingerprint density at radius 3 is 2.27 bits per heavy atom. The maximum atomic E-state index is 12.9. The first-order valence-corrected chi connectivity index (χ1v) is 7.07. The smallest absolute Gasteiger partial charge is 0.399 e. The van der Waals surface area contributed by atoms with Crippen LogP contribution in [-0.4, -0.2) is 23.3 Å². The first-order valence-electron chi connectivity index (χ1n) is 7.07. The van der Waals surface area contributed by atoms with Gasteiger partial charge in [-0.3, -0.25) is 0 Å². The van der Waals surface area contributed by atoms with Gasteiger partial charge in [0.25, 0.3) is 0 Å². The number of nitrogens with zero attached hydrogens (tertiary/aromatic N) is 1. The summed E-state index contributed by atoms with van der Waals surface area (Å²) in [5.41, 5.74) is 3.27. The molecule has 1 aliphatic heterocycles. The predicted molar refractivity (Wildman–Crippen MR) is 78.5 cm³/mol. The van der Waals surface area contributed by atoms with E-state index in [0.717, 1.165) is 6.07 Å². The quantitative estimate of drug-likeness (QED) is 0.852. The Morgan fingerprint density at radius 2 is 1.82 bits per heavy atom. The summed E-state index contributed by atoms with van der Waals surface area (Å²) in [4.78, 5) is 3.63. The van der Waals surface area contributed by atoms with Crippen molar-refractivity contribution in [3.05, 3.63) is 17.8 Å². The normalized spacial score (nSPS) is 25.0. The molecule has 2 rings (SSSR count). The Kier molecular flexibility index (Phi) is 3.98. The van der Waals surface area contributed by atoms with E-state index in [2.05, 4.69) is 4.98 Å². The zero-order valence-corrected chi connectivity index (χ0v) is 13.3. The molecule has 22 heavy (non-hydrogen) atoms. The molecule has 2 heterocycles. The fraction of sp³-hybridized carbons (Fsp3) is 0.643. The van der Waals surface area contributed by atoms with Gasteiger partial charge in [-0.15, -0.1) is 0 Å². The van der Waals surface area contributed by atoms with Crippen LogP contribution in [0.5, 0.6) is 0 Å². The molecule has 1 aromatic rings. The Hall–Kier alpha value is -1.28. The van der Waals surface area contributed by atoms with E-state index in [1.165, 1.54) is 6.20 Å². The molecular formula is C14H20BF3N2O2. The second-order valence-electron chi connectivity index (χ2n) is 6.54. The molecule has 8 heteroatoms. The van der Waals surface area contributed by atoms with Gasteiger partial charge in [0.05, 0.1) is 16.8 Å². The average Bonchev–Trinajstić information content (AvgIpc) is 2.60. The Labute approximate surface area is 128 Å². The molecular weight excluding hydrogens is 296 g/mol. The third-order valence-corrected chi connectivity index (χ3v) is 4.57. The maximum Gasteiger partial charge on any atom is 0.496 e. The van der Waals surface area contributed by atoms with Crippen LogP contribution in [0.1, 0.15) is 40.2 Å². The zero-order chi connectivity index (χ0) is 16.9. The molecule has 0 saturated carbocycles. The number of hydrogen-bond donors (Lipinski definition) is 1. The second kappa shape index (κ2) is 5.13. The lowest BCUT2D eigenvalue weighted by Crippen LogP contribution is -2.48. The molecule has 0 radical (unpaired) electrons. The van der Waals surface area contributed by atoms with Gasteiger partial charge in [-0.05, 0) is 32.8 Å². The molecule has 4 nitrogen and oxygen atoms in total. The molecule has 0 bridgehead atoms. The minimum Gasteiger partial charge on any atom is -0.399 e. The zero-order valence-electron chi connectivity index (χ0n) is 13.3. The SMILES string of the molecule is CC(C)C1(C)OB(c2cnc(N)c(C(F)(F)F)c2)OC1(C)C. The number of rotatable bonds is 2. The van der Waals surface area contributed by atoms with Crippen LogP contribution in [0.3, 0.4) is 0 Å². The fourth-order valence-electron chi connectivity index (χ4n) is 2.59. The molecule has 0 amide bonds. The lowest BCUT2D eigenvalue weighted by molar-refractivity contribution is -0.137. The van der Waals surface area contributed by atoms with Gasteiger partial charge in [0, 0.05) is 11.7 Å². The number of hydrogen-bond acceptors (Lipinski definition) is 4. The van der Waals surface area contributed by atoms with E-state index in [1.54, 1.807) is 0 Å². The van der Waals surface area contributed by atoms with Gasteiger partial charge in [-0.1, -0.05) is 13.8 Å². The van der Waals surface area contributed by atoms with Crippen molar-refractivity contribution in [2.45, 2.75) is 52.0 Å². The molecule has 2 N–H and O–H groups in total. The van der Waals surface area contributed by atoms with Crippen molar-refractivity contribution in [3.63, 3.8) is 0 Å². The first-order chi connectivity index (χ1) is 9.88. The number of nitrogens with two attached hydrogens (primary N) is 1. The highest BCUT2D eigenvalue weighted by atomic mass is 19.4. The number of nitrogen functional groups attached to an aromatic ring is 1. The van der Waals surface area contributed by atoms with E-state index in [9.17, 15) is 13.2 Å². The minimum atomic E-state index is -4.57. The van der Waals surface area contributed by atoms with Crippen molar-refractivity contribution in [3.8, 4) is 0 Å². The topological polar surface area (TPSA) is 57.4 Å². The van der Waals surface area contributed by atoms with Crippen molar-refractivity contribution in [2.75, 3.05) is 5.73 Å². The minimum absolute atomic E-state index is 0.122. The molecule has 1 fully saturated rings. The van der Waals surface area contributed by atoms with E-state index in [-0.39, 0.29) is 11.4 Å². The Balaban J connectivity index is 2.39. The largest absolute Gasteiger partial charge is 0.496 e. The second-order valence-corrected chi connectivity index (χ2v) is 6.54. The van der Waals surface area contributed by atoms with E-state index in [0.29, 0.717) is 0 Å². The maximum absolute atomic E-state index is 12.9. The van der Waals surface area contributed by atoms with E-state index < -0.39 is 35.9 Å². The highest BCUT2D eigenvalue weighted by Gasteiger charge is 2.56. The number of halogens is 3. The van der Waals surface area contributed by atoms with E-state index in [1.807, 2.05) is 34.6 Å². The highest BCUT2D eigenvalue weighted by molar-refractivity contribution is 6.62. The lowest BCUT2D eigenvalue weighted by Gasteiger charge is -2.39. The number of pyridine rings is 1. The summed E-state index contributed by atoms with van der Waals surface area (Å²) in [6.07, 6.45) is -3.31. The van der Waals surface area contributed by atoms with Gasteiger partial charge in [-0.25, -0.2) is 4.98 Å².